The summed E-state index contributed by atoms with van der Waals surface area (Å²) in [5.74, 6) is -1.55. The Morgan fingerprint density at radius 1 is 0.879 bits per heavy atom. The average molecular weight is 442 g/mol. The Morgan fingerprint density at radius 2 is 1.61 bits per heavy atom. The summed E-state index contributed by atoms with van der Waals surface area (Å²) in [4.78, 5) is 36.6. The Morgan fingerprint density at radius 3 is 2.27 bits per heavy atom. The molecule has 7 heteroatoms. The first-order valence-corrected chi connectivity index (χ1v) is 9.99. The molecule has 0 bridgehead atoms. The van der Waals surface area contributed by atoms with Gasteiger partial charge in [0.25, 0.3) is 5.91 Å². The maximum Gasteiger partial charge on any atom is 0.335 e. The molecule has 3 aromatic rings. The third-order valence-electron chi connectivity index (χ3n) is 4.52. The molecule has 0 aromatic heterocycles. The van der Waals surface area contributed by atoms with Crippen LogP contribution in [-0.2, 0) is 9.59 Å². The molecular formula is C26H22N2O5. The lowest BCUT2D eigenvalue weighted by molar-refractivity contribution is -0.118. The summed E-state index contributed by atoms with van der Waals surface area (Å²) in [6.07, 6.45) is 4.48. The lowest BCUT2D eigenvalue weighted by Crippen LogP contribution is -2.29. The van der Waals surface area contributed by atoms with E-state index in [-0.39, 0.29) is 16.9 Å². The van der Waals surface area contributed by atoms with Gasteiger partial charge in [-0.2, -0.15) is 0 Å². The van der Waals surface area contributed by atoms with Crippen molar-refractivity contribution in [3.63, 3.8) is 0 Å². The van der Waals surface area contributed by atoms with Crippen LogP contribution in [0.25, 0.3) is 12.2 Å². The molecule has 0 spiro atoms. The van der Waals surface area contributed by atoms with Crippen LogP contribution in [0.4, 0.5) is 5.69 Å². The Balaban J connectivity index is 1.84. The van der Waals surface area contributed by atoms with Crippen LogP contribution in [-0.4, -0.2) is 30.0 Å². The van der Waals surface area contributed by atoms with Crippen molar-refractivity contribution < 1.29 is 24.2 Å². The first kappa shape index (κ1) is 23.0. The van der Waals surface area contributed by atoms with Gasteiger partial charge in [0.2, 0.25) is 5.91 Å². The monoisotopic (exact) mass is 442 g/mol. The number of amides is 2. The van der Waals surface area contributed by atoms with Crippen molar-refractivity contribution in [3.8, 4) is 5.75 Å². The maximum absolute atomic E-state index is 12.9. The van der Waals surface area contributed by atoms with Crippen LogP contribution in [0.15, 0.2) is 90.6 Å². The van der Waals surface area contributed by atoms with Crippen molar-refractivity contribution in [2.45, 2.75) is 0 Å². The van der Waals surface area contributed by atoms with Gasteiger partial charge in [-0.25, -0.2) is 4.79 Å². The standard InChI is InChI=1S/C26H22N2O5/c1-33-22-13-10-19(11-14-22)16-23(28-24(29)15-12-18-6-3-2-4-7-18)25(30)27-21-9-5-8-20(17-21)26(31)32/h2-17H,1H3,(H,27,30)(H,28,29)(H,31,32)/b15-12+,23-16+. The molecule has 0 atom stereocenters. The number of hydrogen-bond acceptors (Lipinski definition) is 4. The molecule has 2 amide bonds. The van der Waals surface area contributed by atoms with E-state index in [1.807, 2.05) is 30.3 Å². The van der Waals surface area contributed by atoms with Gasteiger partial charge in [0, 0.05) is 11.8 Å². The van der Waals surface area contributed by atoms with Gasteiger partial charge in [-0.15, -0.1) is 0 Å². The lowest BCUT2D eigenvalue weighted by atomic mass is 10.1. The van der Waals surface area contributed by atoms with Crippen molar-refractivity contribution >= 4 is 35.6 Å². The zero-order valence-electron chi connectivity index (χ0n) is 17.8. The van der Waals surface area contributed by atoms with Gasteiger partial charge in [0.15, 0.2) is 0 Å². The minimum absolute atomic E-state index is 0.0105. The predicted molar refractivity (Wildman–Crippen MR) is 127 cm³/mol. The highest BCUT2D eigenvalue weighted by atomic mass is 16.5. The molecule has 0 aliphatic carbocycles. The molecule has 0 aliphatic rings. The van der Waals surface area contributed by atoms with E-state index < -0.39 is 17.8 Å². The number of carboxylic acids is 1. The molecule has 0 saturated heterocycles. The van der Waals surface area contributed by atoms with Crippen LogP contribution >= 0.6 is 0 Å². The van der Waals surface area contributed by atoms with E-state index in [1.54, 1.807) is 43.5 Å². The van der Waals surface area contributed by atoms with Crippen molar-refractivity contribution in [1.29, 1.82) is 0 Å². The van der Waals surface area contributed by atoms with Gasteiger partial charge in [-0.3, -0.25) is 9.59 Å². The third-order valence-corrected chi connectivity index (χ3v) is 4.52. The van der Waals surface area contributed by atoms with E-state index in [0.717, 1.165) is 5.56 Å². The van der Waals surface area contributed by atoms with E-state index in [9.17, 15) is 14.4 Å². The zero-order chi connectivity index (χ0) is 23.6. The molecule has 0 aliphatic heterocycles. The first-order valence-electron chi connectivity index (χ1n) is 9.99. The Labute approximate surface area is 191 Å². The largest absolute Gasteiger partial charge is 0.497 e. The van der Waals surface area contributed by atoms with Gasteiger partial charge in [-0.1, -0.05) is 48.5 Å². The van der Waals surface area contributed by atoms with E-state index in [1.165, 1.54) is 30.4 Å². The van der Waals surface area contributed by atoms with Crippen LogP contribution in [0, 0.1) is 0 Å². The van der Waals surface area contributed by atoms with E-state index in [2.05, 4.69) is 10.6 Å². The summed E-state index contributed by atoms with van der Waals surface area (Å²) in [5, 5.41) is 14.4. The number of anilines is 1. The van der Waals surface area contributed by atoms with Gasteiger partial charge in [0.1, 0.15) is 11.4 Å². The lowest BCUT2D eigenvalue weighted by Gasteiger charge is -2.11. The average Bonchev–Trinajstić information content (AvgIpc) is 2.83. The molecule has 7 nitrogen and oxygen atoms in total. The third kappa shape index (κ3) is 6.93. The maximum atomic E-state index is 12.9. The summed E-state index contributed by atoms with van der Waals surface area (Å²) >= 11 is 0. The molecule has 0 unspecified atom stereocenters. The van der Waals surface area contributed by atoms with Crippen LogP contribution < -0.4 is 15.4 Å². The topological polar surface area (TPSA) is 105 Å². The fourth-order valence-electron chi connectivity index (χ4n) is 2.86. The minimum atomic E-state index is -1.11. The zero-order valence-corrected chi connectivity index (χ0v) is 17.8. The fourth-order valence-corrected chi connectivity index (χ4v) is 2.86. The van der Waals surface area contributed by atoms with Gasteiger partial charge < -0.3 is 20.5 Å². The number of nitrogens with one attached hydrogen (secondary N) is 2. The highest BCUT2D eigenvalue weighted by Gasteiger charge is 2.14. The van der Waals surface area contributed by atoms with Gasteiger partial charge in [0.05, 0.1) is 12.7 Å². The second-order valence-electron chi connectivity index (χ2n) is 6.90. The molecule has 3 N–H and O–H groups in total. The number of methoxy groups -OCH3 is 1. The number of carbonyl (C=O) groups is 3. The minimum Gasteiger partial charge on any atom is -0.497 e. The van der Waals surface area contributed by atoms with Crippen LogP contribution in [0.1, 0.15) is 21.5 Å². The van der Waals surface area contributed by atoms with E-state index >= 15 is 0 Å². The summed E-state index contributed by atoms with van der Waals surface area (Å²) in [5.41, 5.74) is 1.80. The molecule has 0 radical (unpaired) electrons. The second-order valence-corrected chi connectivity index (χ2v) is 6.90. The smallest absolute Gasteiger partial charge is 0.335 e. The quantitative estimate of drug-likeness (QED) is 0.454. The molecular weight excluding hydrogens is 420 g/mol. The van der Waals surface area contributed by atoms with Crippen LogP contribution in [0.3, 0.4) is 0 Å². The highest BCUT2D eigenvalue weighted by molar-refractivity contribution is 6.10. The molecule has 0 fully saturated rings. The van der Waals surface area contributed by atoms with E-state index in [0.29, 0.717) is 11.3 Å². The first-order chi connectivity index (χ1) is 15.9. The molecule has 33 heavy (non-hydrogen) atoms. The number of ether oxygens (including phenoxy) is 1. The van der Waals surface area contributed by atoms with E-state index in [4.69, 9.17) is 9.84 Å². The molecule has 3 aromatic carbocycles. The van der Waals surface area contributed by atoms with Crippen LogP contribution in [0.2, 0.25) is 0 Å². The molecule has 166 valence electrons. The highest BCUT2D eigenvalue weighted by Crippen LogP contribution is 2.16. The number of hydrogen-bond donors (Lipinski definition) is 3. The molecule has 0 heterocycles. The second kappa shape index (κ2) is 11.1. The number of benzene rings is 3. The molecule has 0 saturated carbocycles. The summed E-state index contributed by atoms with van der Waals surface area (Å²) < 4.78 is 5.14. The number of carbonyl (C=O) groups excluding carboxylic acids is 2. The van der Waals surface area contributed by atoms with Gasteiger partial charge >= 0.3 is 5.97 Å². The Kier molecular flexibility index (Phi) is 7.75. The Hall–Kier alpha value is -4.65. The normalized spacial score (nSPS) is 11.1. The van der Waals surface area contributed by atoms with Crippen molar-refractivity contribution in [2.75, 3.05) is 12.4 Å². The van der Waals surface area contributed by atoms with Crippen LogP contribution in [0.5, 0.6) is 5.75 Å². The predicted octanol–water partition coefficient (Wildman–Crippen LogP) is 4.20. The van der Waals surface area contributed by atoms with Crippen molar-refractivity contribution in [1.82, 2.24) is 5.32 Å². The summed E-state index contributed by atoms with van der Waals surface area (Å²) in [6.45, 7) is 0. The Bertz CT molecular complexity index is 1200. The van der Waals surface area contributed by atoms with Gasteiger partial charge in [-0.05, 0) is 53.6 Å². The number of rotatable bonds is 8. The number of aromatic carboxylic acids is 1. The SMILES string of the molecule is COc1ccc(/C=C(/NC(=O)/C=C/c2ccccc2)C(=O)Nc2cccc(C(=O)O)c2)cc1. The number of carboxylic acid groups (broad SMARTS) is 1. The van der Waals surface area contributed by atoms with Crippen molar-refractivity contribution in [2.24, 2.45) is 0 Å². The molecule has 3 rings (SSSR count). The summed E-state index contributed by atoms with van der Waals surface area (Å²) in [6, 6.07) is 22.0. The summed E-state index contributed by atoms with van der Waals surface area (Å²) in [7, 11) is 1.55. The van der Waals surface area contributed by atoms with Crippen molar-refractivity contribution in [3.05, 3.63) is 107 Å². The fraction of sp³-hybridized carbons (Fsp3) is 0.0385.